The number of rotatable bonds is 5. The molecule has 0 spiro atoms. The molecule has 1 aromatic carbocycles. The van der Waals surface area contributed by atoms with Gasteiger partial charge in [0.25, 0.3) is 0 Å². The van der Waals surface area contributed by atoms with E-state index in [-0.39, 0.29) is 6.54 Å². The summed E-state index contributed by atoms with van der Waals surface area (Å²) in [6, 6.07) is 8.53. The number of nitrogens with zero attached hydrogens (tertiary/aromatic N) is 2. The number of imide groups is 2. The zero-order chi connectivity index (χ0) is 19.0. The van der Waals surface area contributed by atoms with Crippen LogP contribution in [0.4, 0.5) is 10.5 Å². The van der Waals surface area contributed by atoms with E-state index in [2.05, 4.69) is 5.32 Å². The van der Waals surface area contributed by atoms with Crippen LogP contribution in [-0.4, -0.2) is 40.1 Å². The first-order valence-corrected chi connectivity index (χ1v) is 9.52. The highest BCUT2D eigenvalue weighted by Gasteiger charge is 2.45. The molecule has 0 bridgehead atoms. The van der Waals surface area contributed by atoms with Gasteiger partial charge in [-0.3, -0.25) is 19.3 Å². The molecular weight excluding hydrogens is 366 g/mol. The van der Waals surface area contributed by atoms with Crippen LogP contribution in [0.1, 0.15) is 22.4 Å². The fourth-order valence-electron chi connectivity index (χ4n) is 3.38. The van der Waals surface area contributed by atoms with Gasteiger partial charge in [0.15, 0.2) is 0 Å². The van der Waals surface area contributed by atoms with Gasteiger partial charge in [0.1, 0.15) is 6.54 Å². The number of hydrogen-bond acceptors (Lipinski definition) is 5. The highest BCUT2D eigenvalue weighted by molar-refractivity contribution is 7.09. The number of anilines is 1. The summed E-state index contributed by atoms with van der Waals surface area (Å²) in [7, 11) is 0. The van der Waals surface area contributed by atoms with E-state index in [1.807, 2.05) is 23.6 Å². The molecule has 27 heavy (non-hydrogen) atoms. The second-order valence-electron chi connectivity index (χ2n) is 6.53. The number of benzene rings is 1. The molecule has 5 amide bonds. The number of carbonyl (C=O) groups is 4. The Labute approximate surface area is 159 Å². The maximum Gasteiger partial charge on any atom is 0.335 e. The maximum absolute atomic E-state index is 12.4. The van der Waals surface area contributed by atoms with Crippen molar-refractivity contribution in [3.05, 3.63) is 51.7 Å². The summed E-state index contributed by atoms with van der Waals surface area (Å²) in [6.07, 6.45) is 3.13. The van der Waals surface area contributed by atoms with Gasteiger partial charge in [-0.25, -0.2) is 9.69 Å². The third kappa shape index (κ3) is 3.35. The van der Waals surface area contributed by atoms with Crippen LogP contribution in [0.5, 0.6) is 0 Å². The lowest BCUT2D eigenvalue weighted by atomic mass is 10.1. The van der Waals surface area contributed by atoms with E-state index in [1.165, 1.54) is 22.5 Å². The lowest BCUT2D eigenvalue weighted by molar-refractivity contribution is -0.143. The predicted molar refractivity (Wildman–Crippen MR) is 99.1 cm³/mol. The van der Waals surface area contributed by atoms with Crippen LogP contribution in [0, 0.1) is 0 Å². The van der Waals surface area contributed by atoms with Crippen molar-refractivity contribution in [2.24, 2.45) is 0 Å². The van der Waals surface area contributed by atoms with Crippen molar-refractivity contribution in [1.82, 2.24) is 9.80 Å². The first-order valence-electron chi connectivity index (χ1n) is 8.64. The molecule has 1 fully saturated rings. The average Bonchev–Trinajstić information content (AvgIpc) is 3.36. The number of fused-ring (bicyclic) bond motifs is 1. The van der Waals surface area contributed by atoms with E-state index >= 15 is 0 Å². The third-order valence-electron chi connectivity index (χ3n) is 4.71. The zero-order valence-corrected chi connectivity index (χ0v) is 15.3. The van der Waals surface area contributed by atoms with Crippen molar-refractivity contribution >= 4 is 40.8 Å². The van der Waals surface area contributed by atoms with Gasteiger partial charge in [-0.2, -0.15) is 0 Å². The van der Waals surface area contributed by atoms with Crippen molar-refractivity contribution < 1.29 is 19.2 Å². The number of amides is 5. The summed E-state index contributed by atoms with van der Waals surface area (Å²) in [6.45, 7) is -0.453. The Morgan fingerprint density at radius 2 is 1.81 bits per heavy atom. The second-order valence-corrected chi connectivity index (χ2v) is 7.56. The lowest BCUT2D eigenvalue weighted by Crippen LogP contribution is -2.38. The summed E-state index contributed by atoms with van der Waals surface area (Å²) < 4.78 is 0. The van der Waals surface area contributed by atoms with Crippen LogP contribution >= 0.6 is 11.3 Å². The molecule has 138 valence electrons. The standard InChI is InChI=1S/C19H17N3O4S/c23-16(20-14-7-6-12-3-1-4-13(12)9-14)11-22-18(25)17(24)21(19(22)26)10-15-5-2-8-27-15/h2,5-9H,1,3-4,10-11H2,(H,20,23). The molecule has 2 aliphatic rings. The Morgan fingerprint density at radius 1 is 1.04 bits per heavy atom. The molecule has 7 nitrogen and oxygen atoms in total. The highest BCUT2D eigenvalue weighted by atomic mass is 32.1. The Bertz CT molecular complexity index is 938. The molecule has 1 N–H and O–H groups in total. The van der Waals surface area contributed by atoms with Crippen LogP contribution in [0.3, 0.4) is 0 Å². The van der Waals surface area contributed by atoms with Crippen molar-refractivity contribution in [1.29, 1.82) is 0 Å². The summed E-state index contributed by atoms with van der Waals surface area (Å²) in [4.78, 5) is 51.3. The fourth-order valence-corrected chi connectivity index (χ4v) is 4.07. The molecule has 1 saturated heterocycles. The molecular formula is C19H17N3O4S. The Balaban J connectivity index is 1.42. The molecule has 4 rings (SSSR count). The predicted octanol–water partition coefficient (Wildman–Crippen LogP) is 2.17. The number of urea groups is 1. The Morgan fingerprint density at radius 3 is 2.59 bits per heavy atom. The normalized spacial score (nSPS) is 16.2. The van der Waals surface area contributed by atoms with E-state index < -0.39 is 30.3 Å². The smallest absolute Gasteiger partial charge is 0.325 e. The van der Waals surface area contributed by atoms with E-state index in [0.29, 0.717) is 10.6 Å². The molecule has 1 aromatic heterocycles. The van der Waals surface area contributed by atoms with Gasteiger partial charge in [-0.05, 0) is 54.0 Å². The van der Waals surface area contributed by atoms with E-state index in [4.69, 9.17) is 0 Å². The summed E-state index contributed by atoms with van der Waals surface area (Å²) in [5.74, 6) is -2.39. The summed E-state index contributed by atoms with van der Waals surface area (Å²) in [5, 5.41) is 4.53. The number of hydrogen-bond donors (Lipinski definition) is 1. The lowest BCUT2D eigenvalue weighted by Gasteiger charge is -2.15. The maximum atomic E-state index is 12.4. The molecule has 1 aliphatic carbocycles. The van der Waals surface area contributed by atoms with Crippen molar-refractivity contribution in [2.45, 2.75) is 25.8 Å². The molecule has 2 aromatic rings. The molecule has 0 unspecified atom stereocenters. The number of thiophene rings is 1. The van der Waals surface area contributed by atoms with Gasteiger partial charge in [-0.15, -0.1) is 11.3 Å². The van der Waals surface area contributed by atoms with Crippen LogP contribution in [0.25, 0.3) is 0 Å². The van der Waals surface area contributed by atoms with Gasteiger partial charge in [0, 0.05) is 10.6 Å². The number of nitrogens with one attached hydrogen (secondary N) is 1. The Hall–Kier alpha value is -3.00. The SMILES string of the molecule is O=C(CN1C(=O)C(=O)N(Cc2cccs2)C1=O)Nc1ccc2c(c1)CCC2. The van der Waals surface area contributed by atoms with E-state index in [9.17, 15) is 19.2 Å². The van der Waals surface area contributed by atoms with Crippen LogP contribution in [0.15, 0.2) is 35.7 Å². The van der Waals surface area contributed by atoms with Crippen molar-refractivity contribution in [3.8, 4) is 0 Å². The molecule has 1 aliphatic heterocycles. The molecule has 0 radical (unpaired) electrons. The zero-order valence-electron chi connectivity index (χ0n) is 14.4. The van der Waals surface area contributed by atoms with E-state index in [1.54, 1.807) is 12.1 Å². The Kier molecular flexibility index (Phi) is 4.49. The van der Waals surface area contributed by atoms with Crippen molar-refractivity contribution in [3.63, 3.8) is 0 Å². The first-order chi connectivity index (χ1) is 13.0. The van der Waals surface area contributed by atoms with Gasteiger partial charge in [-0.1, -0.05) is 12.1 Å². The van der Waals surface area contributed by atoms with Crippen LogP contribution in [-0.2, 0) is 33.8 Å². The quantitative estimate of drug-likeness (QED) is 0.633. The average molecular weight is 383 g/mol. The monoisotopic (exact) mass is 383 g/mol. The second kappa shape index (κ2) is 6.96. The molecule has 2 heterocycles. The fraction of sp³-hybridized carbons (Fsp3) is 0.263. The summed E-state index contributed by atoms with van der Waals surface area (Å²) >= 11 is 1.39. The highest BCUT2D eigenvalue weighted by Crippen LogP contribution is 2.25. The molecule has 8 heteroatoms. The number of carbonyl (C=O) groups excluding carboxylic acids is 4. The van der Waals surface area contributed by atoms with Gasteiger partial charge in [0.05, 0.1) is 6.54 Å². The number of aryl methyl sites for hydroxylation is 2. The minimum absolute atomic E-state index is 0.0318. The van der Waals surface area contributed by atoms with Crippen LogP contribution in [0.2, 0.25) is 0 Å². The van der Waals surface area contributed by atoms with Gasteiger partial charge in [0.2, 0.25) is 5.91 Å². The molecule has 0 atom stereocenters. The topological polar surface area (TPSA) is 86.8 Å². The van der Waals surface area contributed by atoms with Gasteiger partial charge < -0.3 is 5.32 Å². The van der Waals surface area contributed by atoms with Crippen LogP contribution < -0.4 is 5.32 Å². The van der Waals surface area contributed by atoms with E-state index in [0.717, 1.165) is 29.0 Å². The van der Waals surface area contributed by atoms with Crippen molar-refractivity contribution in [2.75, 3.05) is 11.9 Å². The first kappa shape index (κ1) is 17.4. The third-order valence-corrected chi connectivity index (χ3v) is 5.57. The summed E-state index contributed by atoms with van der Waals surface area (Å²) in [5.41, 5.74) is 3.12. The minimum atomic E-state index is -0.972. The largest absolute Gasteiger partial charge is 0.335 e. The van der Waals surface area contributed by atoms with Gasteiger partial charge >= 0.3 is 17.8 Å². The minimum Gasteiger partial charge on any atom is -0.325 e. The molecule has 0 saturated carbocycles.